The first-order valence-electron chi connectivity index (χ1n) is 9.31. The van der Waals surface area contributed by atoms with Crippen LogP contribution in [0.15, 0.2) is 40.1 Å². The SMILES string of the molecule is Cc1nn(C)c(C)c1S(=O)(=O)N1C[C@H]2CN(S(=O)(=O)c3ccccc3)C[C@@H](C1)O2. The molecule has 0 unspecified atom stereocenters. The van der Waals surface area contributed by atoms with Crippen molar-refractivity contribution >= 4 is 20.0 Å². The Bertz CT molecular complexity index is 1110. The predicted octanol–water partition coefficient (Wildman–Crippen LogP) is 0.500. The van der Waals surface area contributed by atoms with Crippen molar-refractivity contribution < 1.29 is 21.6 Å². The van der Waals surface area contributed by atoms with Crippen molar-refractivity contribution in [3.05, 3.63) is 41.7 Å². The molecule has 0 saturated carbocycles. The Hall–Kier alpha value is -1.79. The molecule has 2 fully saturated rings. The van der Waals surface area contributed by atoms with E-state index >= 15 is 0 Å². The highest BCUT2D eigenvalue weighted by molar-refractivity contribution is 7.89. The Labute approximate surface area is 171 Å². The van der Waals surface area contributed by atoms with Crippen LogP contribution in [0.1, 0.15) is 11.4 Å². The Balaban J connectivity index is 1.57. The summed E-state index contributed by atoms with van der Waals surface area (Å²) in [6, 6.07) is 8.25. The van der Waals surface area contributed by atoms with Gasteiger partial charge in [-0.15, -0.1) is 0 Å². The molecule has 29 heavy (non-hydrogen) atoms. The number of nitrogens with zero attached hydrogens (tertiary/aromatic N) is 4. The molecule has 1 aromatic carbocycles. The molecule has 0 radical (unpaired) electrons. The highest BCUT2D eigenvalue weighted by Gasteiger charge is 2.44. The predicted molar refractivity (Wildman–Crippen MR) is 105 cm³/mol. The molecule has 2 atom stereocenters. The molecule has 4 rings (SSSR count). The molecule has 0 amide bonds. The molecule has 0 N–H and O–H groups in total. The van der Waals surface area contributed by atoms with Crippen LogP contribution in [0.25, 0.3) is 0 Å². The zero-order chi connectivity index (χ0) is 21.0. The van der Waals surface area contributed by atoms with E-state index in [1.165, 1.54) is 8.61 Å². The quantitative estimate of drug-likeness (QED) is 0.686. The van der Waals surface area contributed by atoms with Crippen molar-refractivity contribution in [2.24, 2.45) is 7.05 Å². The number of hydrogen-bond donors (Lipinski definition) is 0. The molecule has 11 heteroatoms. The Kier molecular flexibility index (Phi) is 5.06. The molecule has 0 aliphatic carbocycles. The van der Waals surface area contributed by atoms with Gasteiger partial charge in [0.1, 0.15) is 4.90 Å². The zero-order valence-electron chi connectivity index (χ0n) is 16.5. The first kappa shape index (κ1) is 20.5. The van der Waals surface area contributed by atoms with Gasteiger partial charge in [-0.05, 0) is 26.0 Å². The van der Waals surface area contributed by atoms with E-state index < -0.39 is 32.3 Å². The number of fused-ring (bicyclic) bond motifs is 2. The van der Waals surface area contributed by atoms with Gasteiger partial charge in [-0.1, -0.05) is 18.2 Å². The third-order valence-electron chi connectivity index (χ3n) is 5.44. The second-order valence-electron chi connectivity index (χ2n) is 7.46. The van der Waals surface area contributed by atoms with Crippen LogP contribution in [0.2, 0.25) is 0 Å². The third-order valence-corrected chi connectivity index (χ3v) is 9.37. The first-order valence-corrected chi connectivity index (χ1v) is 12.2. The second-order valence-corrected chi connectivity index (χ2v) is 11.3. The molecule has 1 aromatic heterocycles. The molecule has 2 bridgehead atoms. The van der Waals surface area contributed by atoms with Crippen LogP contribution in [0, 0.1) is 13.8 Å². The number of aryl methyl sites for hydroxylation is 2. The summed E-state index contributed by atoms with van der Waals surface area (Å²) in [7, 11) is -5.68. The largest absolute Gasteiger partial charge is 0.369 e. The summed E-state index contributed by atoms with van der Waals surface area (Å²) in [5.41, 5.74) is 1.03. The zero-order valence-corrected chi connectivity index (χ0v) is 18.1. The van der Waals surface area contributed by atoms with Gasteiger partial charge in [0.05, 0.1) is 28.5 Å². The van der Waals surface area contributed by atoms with Crippen molar-refractivity contribution in [2.45, 2.75) is 35.8 Å². The normalized spacial score (nSPS) is 24.0. The van der Waals surface area contributed by atoms with Gasteiger partial charge in [0, 0.05) is 33.2 Å². The average Bonchev–Trinajstić information content (AvgIpc) is 2.93. The van der Waals surface area contributed by atoms with E-state index in [1.54, 1.807) is 55.9 Å². The fourth-order valence-corrected chi connectivity index (χ4v) is 7.44. The Morgan fingerprint density at radius 3 is 1.90 bits per heavy atom. The molecule has 158 valence electrons. The lowest BCUT2D eigenvalue weighted by Crippen LogP contribution is -2.61. The second kappa shape index (κ2) is 7.17. The van der Waals surface area contributed by atoms with E-state index in [0.717, 1.165) is 0 Å². The van der Waals surface area contributed by atoms with E-state index in [0.29, 0.717) is 11.4 Å². The lowest BCUT2D eigenvalue weighted by atomic mass is 10.2. The fourth-order valence-electron chi connectivity index (χ4n) is 4.01. The molecule has 2 aliphatic heterocycles. The van der Waals surface area contributed by atoms with E-state index in [9.17, 15) is 16.8 Å². The van der Waals surface area contributed by atoms with Gasteiger partial charge < -0.3 is 4.74 Å². The topological polar surface area (TPSA) is 102 Å². The van der Waals surface area contributed by atoms with Crippen molar-refractivity contribution in [1.29, 1.82) is 0 Å². The van der Waals surface area contributed by atoms with Gasteiger partial charge >= 0.3 is 0 Å². The van der Waals surface area contributed by atoms with E-state index in [4.69, 9.17) is 4.74 Å². The minimum atomic E-state index is -3.75. The van der Waals surface area contributed by atoms with Crippen molar-refractivity contribution in [2.75, 3.05) is 26.2 Å². The van der Waals surface area contributed by atoms with Crippen LogP contribution < -0.4 is 0 Å². The Morgan fingerprint density at radius 2 is 1.41 bits per heavy atom. The van der Waals surface area contributed by atoms with Gasteiger partial charge in [0.15, 0.2) is 0 Å². The fraction of sp³-hybridized carbons (Fsp3) is 0.500. The number of ether oxygens (including phenoxy) is 1. The summed E-state index contributed by atoms with van der Waals surface area (Å²) >= 11 is 0. The van der Waals surface area contributed by atoms with Crippen LogP contribution in [-0.4, -0.2) is 73.6 Å². The minimum absolute atomic E-state index is 0.105. The monoisotopic (exact) mass is 440 g/mol. The van der Waals surface area contributed by atoms with Crippen molar-refractivity contribution in [1.82, 2.24) is 18.4 Å². The lowest BCUT2D eigenvalue weighted by Gasteiger charge is -2.44. The van der Waals surface area contributed by atoms with Gasteiger partial charge in [0.25, 0.3) is 0 Å². The third kappa shape index (κ3) is 3.50. The average molecular weight is 441 g/mol. The standard InChI is InChI=1S/C18H24N4O5S2/c1-13-18(14(2)20(3)19-13)29(25,26)22-11-15-9-21(10-16(12-22)27-15)28(23,24)17-7-5-4-6-8-17/h4-8,15-16H,9-12H2,1-3H3/t15-,16+. The highest BCUT2D eigenvalue weighted by atomic mass is 32.2. The lowest BCUT2D eigenvalue weighted by molar-refractivity contribution is -0.104. The van der Waals surface area contributed by atoms with E-state index in [2.05, 4.69) is 5.10 Å². The van der Waals surface area contributed by atoms with Gasteiger partial charge in [-0.3, -0.25) is 4.68 Å². The van der Waals surface area contributed by atoms with Crippen LogP contribution >= 0.6 is 0 Å². The van der Waals surface area contributed by atoms with Gasteiger partial charge in [-0.2, -0.15) is 13.7 Å². The van der Waals surface area contributed by atoms with E-state index in [1.807, 2.05) is 0 Å². The van der Waals surface area contributed by atoms with Gasteiger partial charge in [0.2, 0.25) is 20.0 Å². The molecule has 2 saturated heterocycles. The van der Waals surface area contributed by atoms with Crippen LogP contribution in [-0.2, 0) is 31.8 Å². The number of sulfonamides is 2. The van der Waals surface area contributed by atoms with Crippen LogP contribution in [0.5, 0.6) is 0 Å². The number of rotatable bonds is 4. The number of benzene rings is 1. The summed E-state index contributed by atoms with van der Waals surface area (Å²) in [6.07, 6.45) is -1.04. The summed E-state index contributed by atoms with van der Waals surface area (Å²) in [4.78, 5) is 0.444. The molecule has 9 nitrogen and oxygen atoms in total. The molecule has 2 aromatic rings. The molecular formula is C18H24N4O5S2. The number of aromatic nitrogens is 2. The molecule has 0 spiro atoms. The maximum absolute atomic E-state index is 13.3. The van der Waals surface area contributed by atoms with Gasteiger partial charge in [-0.25, -0.2) is 16.8 Å². The minimum Gasteiger partial charge on any atom is -0.369 e. The summed E-state index contributed by atoms with van der Waals surface area (Å²) in [6.45, 7) is 3.84. The maximum atomic E-state index is 13.3. The van der Waals surface area contributed by atoms with E-state index in [-0.39, 0.29) is 36.0 Å². The summed E-state index contributed by atoms with van der Waals surface area (Å²) in [5, 5.41) is 4.21. The smallest absolute Gasteiger partial charge is 0.246 e. The molecule has 3 heterocycles. The highest BCUT2D eigenvalue weighted by Crippen LogP contribution is 2.30. The summed E-state index contributed by atoms with van der Waals surface area (Å²) < 4.78 is 62.6. The molecule has 2 aliphatic rings. The molecular weight excluding hydrogens is 416 g/mol. The number of hydrogen-bond acceptors (Lipinski definition) is 6. The maximum Gasteiger partial charge on any atom is 0.246 e. The number of morpholine rings is 2. The first-order chi connectivity index (χ1) is 13.6. The summed E-state index contributed by atoms with van der Waals surface area (Å²) in [5.74, 6) is 0. The van der Waals surface area contributed by atoms with Crippen molar-refractivity contribution in [3.63, 3.8) is 0 Å². The van der Waals surface area contributed by atoms with Crippen LogP contribution in [0.4, 0.5) is 0 Å². The van der Waals surface area contributed by atoms with Crippen LogP contribution in [0.3, 0.4) is 0 Å². The van der Waals surface area contributed by atoms with Crippen molar-refractivity contribution in [3.8, 4) is 0 Å². The Morgan fingerprint density at radius 1 is 0.897 bits per heavy atom.